The van der Waals surface area contributed by atoms with E-state index in [1.54, 1.807) is 11.3 Å². The zero-order valence-electron chi connectivity index (χ0n) is 10.9. The third kappa shape index (κ3) is 3.29. The van der Waals surface area contributed by atoms with Gasteiger partial charge in [-0.15, -0.1) is 11.3 Å². The van der Waals surface area contributed by atoms with Crippen molar-refractivity contribution in [2.45, 2.75) is 45.6 Å². The zero-order chi connectivity index (χ0) is 13.0. The molecule has 1 aromatic heterocycles. The van der Waals surface area contributed by atoms with Crippen molar-refractivity contribution >= 4 is 17.2 Å². The molecule has 0 radical (unpaired) electrons. The molecular formula is C13H21N3OS. The Hall–Kier alpha value is -0.940. The van der Waals surface area contributed by atoms with Gasteiger partial charge in [-0.2, -0.15) is 0 Å². The molecule has 0 aromatic carbocycles. The highest BCUT2D eigenvalue weighted by Crippen LogP contribution is 2.20. The number of hydrogen-bond acceptors (Lipinski definition) is 4. The van der Waals surface area contributed by atoms with Crippen LogP contribution in [-0.2, 0) is 17.8 Å². The van der Waals surface area contributed by atoms with E-state index < -0.39 is 0 Å². The predicted molar refractivity (Wildman–Crippen MR) is 73.5 cm³/mol. The Morgan fingerprint density at radius 3 is 2.56 bits per heavy atom. The number of nitrogens with two attached hydrogens (primary N) is 1. The van der Waals surface area contributed by atoms with Gasteiger partial charge in [0.1, 0.15) is 5.01 Å². The van der Waals surface area contributed by atoms with E-state index in [1.165, 1.54) is 12.8 Å². The Bertz CT molecular complexity index is 408. The van der Waals surface area contributed by atoms with Crippen molar-refractivity contribution in [1.29, 1.82) is 0 Å². The Kier molecular flexibility index (Phi) is 4.72. The molecule has 0 unspecified atom stereocenters. The van der Waals surface area contributed by atoms with Gasteiger partial charge in [0.05, 0.1) is 12.1 Å². The zero-order valence-corrected chi connectivity index (χ0v) is 11.8. The second kappa shape index (κ2) is 6.29. The highest BCUT2D eigenvalue weighted by Gasteiger charge is 2.18. The van der Waals surface area contributed by atoms with Crippen molar-refractivity contribution in [3.05, 3.63) is 15.6 Å². The summed E-state index contributed by atoms with van der Waals surface area (Å²) in [5, 5.41) is 0.922. The van der Waals surface area contributed by atoms with Gasteiger partial charge in [-0.3, -0.25) is 4.79 Å². The second-order valence-electron chi connectivity index (χ2n) is 4.79. The lowest BCUT2D eigenvalue weighted by Crippen LogP contribution is -2.33. The van der Waals surface area contributed by atoms with Gasteiger partial charge in [-0.05, 0) is 19.8 Å². The molecule has 0 atom stereocenters. The fourth-order valence-electron chi connectivity index (χ4n) is 2.31. The molecule has 0 saturated carbocycles. The maximum absolute atomic E-state index is 12.2. The smallest absolute Gasteiger partial charge is 0.227 e. The molecule has 0 aliphatic carbocycles. The van der Waals surface area contributed by atoms with Crippen LogP contribution in [0.15, 0.2) is 0 Å². The molecule has 1 amide bonds. The summed E-state index contributed by atoms with van der Waals surface area (Å²) in [6.07, 6.45) is 5.27. The summed E-state index contributed by atoms with van der Waals surface area (Å²) in [5.41, 5.74) is 6.54. The molecule has 5 heteroatoms. The molecule has 0 bridgehead atoms. The van der Waals surface area contributed by atoms with E-state index in [4.69, 9.17) is 5.73 Å². The lowest BCUT2D eigenvalue weighted by atomic mass is 10.2. The van der Waals surface area contributed by atoms with Crippen LogP contribution in [0.1, 0.15) is 41.3 Å². The summed E-state index contributed by atoms with van der Waals surface area (Å²) in [6, 6.07) is 0. The Morgan fingerprint density at radius 1 is 1.33 bits per heavy atom. The summed E-state index contributed by atoms with van der Waals surface area (Å²) in [5.74, 6) is 0.243. The largest absolute Gasteiger partial charge is 0.342 e. The average molecular weight is 267 g/mol. The van der Waals surface area contributed by atoms with Gasteiger partial charge in [0.2, 0.25) is 5.91 Å². The van der Waals surface area contributed by atoms with Crippen LogP contribution in [0.5, 0.6) is 0 Å². The number of likely N-dealkylation sites (tertiary alicyclic amines) is 1. The molecule has 1 aromatic rings. The number of amides is 1. The first-order chi connectivity index (χ1) is 8.70. The number of nitrogens with zero attached hydrogens (tertiary/aromatic N) is 2. The summed E-state index contributed by atoms with van der Waals surface area (Å²) in [6.45, 7) is 4.25. The average Bonchev–Trinajstić information content (AvgIpc) is 2.59. The van der Waals surface area contributed by atoms with E-state index in [0.29, 0.717) is 13.0 Å². The number of thiazole rings is 1. The Morgan fingerprint density at radius 2 is 2.00 bits per heavy atom. The minimum atomic E-state index is 0.243. The van der Waals surface area contributed by atoms with Gasteiger partial charge in [-0.1, -0.05) is 12.8 Å². The molecule has 4 nitrogen and oxygen atoms in total. The standard InChI is InChI=1S/C13H21N3OS/c1-10-11(18-12(9-14)15-10)8-13(17)16-6-4-2-3-5-7-16/h2-9,14H2,1H3. The first kappa shape index (κ1) is 13.5. The highest BCUT2D eigenvalue weighted by molar-refractivity contribution is 7.11. The predicted octanol–water partition coefficient (Wildman–Crippen LogP) is 1.86. The van der Waals surface area contributed by atoms with Gasteiger partial charge in [0, 0.05) is 24.5 Å². The van der Waals surface area contributed by atoms with Crippen molar-refractivity contribution in [3.63, 3.8) is 0 Å². The lowest BCUT2D eigenvalue weighted by molar-refractivity contribution is -0.130. The normalized spacial score (nSPS) is 16.7. The number of carbonyl (C=O) groups excluding carboxylic acids is 1. The van der Waals surface area contributed by atoms with Crippen LogP contribution in [0.3, 0.4) is 0 Å². The third-order valence-corrected chi connectivity index (χ3v) is 4.56. The third-order valence-electron chi connectivity index (χ3n) is 3.38. The summed E-state index contributed by atoms with van der Waals surface area (Å²) in [7, 11) is 0. The van der Waals surface area contributed by atoms with Crippen LogP contribution < -0.4 is 5.73 Å². The van der Waals surface area contributed by atoms with Crippen LogP contribution in [0, 0.1) is 6.92 Å². The van der Waals surface area contributed by atoms with Crippen molar-refractivity contribution in [2.24, 2.45) is 5.73 Å². The maximum atomic E-state index is 12.2. The number of rotatable bonds is 3. The van der Waals surface area contributed by atoms with E-state index in [2.05, 4.69) is 4.98 Å². The molecule has 2 rings (SSSR count). The topological polar surface area (TPSA) is 59.2 Å². The van der Waals surface area contributed by atoms with E-state index in [-0.39, 0.29) is 5.91 Å². The summed E-state index contributed by atoms with van der Waals surface area (Å²) >= 11 is 1.57. The Balaban J connectivity index is 1.98. The summed E-state index contributed by atoms with van der Waals surface area (Å²) in [4.78, 5) is 19.7. The van der Waals surface area contributed by atoms with E-state index >= 15 is 0 Å². The molecular weight excluding hydrogens is 246 g/mol. The molecule has 1 aliphatic rings. The summed E-state index contributed by atoms with van der Waals surface area (Å²) < 4.78 is 0. The fraction of sp³-hybridized carbons (Fsp3) is 0.692. The van der Waals surface area contributed by atoms with E-state index in [1.807, 2.05) is 11.8 Å². The molecule has 100 valence electrons. The van der Waals surface area contributed by atoms with Crippen LogP contribution in [0.2, 0.25) is 0 Å². The molecule has 1 saturated heterocycles. The maximum Gasteiger partial charge on any atom is 0.227 e. The second-order valence-corrected chi connectivity index (χ2v) is 5.96. The van der Waals surface area contributed by atoms with Crippen LogP contribution in [0.4, 0.5) is 0 Å². The Labute approximate surface area is 112 Å². The first-order valence-corrected chi connectivity index (χ1v) is 7.45. The van der Waals surface area contributed by atoms with Crippen LogP contribution in [-0.4, -0.2) is 28.9 Å². The number of hydrogen-bond donors (Lipinski definition) is 1. The van der Waals surface area contributed by atoms with Gasteiger partial charge in [0.15, 0.2) is 0 Å². The minimum absolute atomic E-state index is 0.243. The first-order valence-electron chi connectivity index (χ1n) is 6.63. The number of carbonyl (C=O) groups is 1. The van der Waals surface area contributed by atoms with Crippen LogP contribution >= 0.6 is 11.3 Å². The highest BCUT2D eigenvalue weighted by atomic mass is 32.1. The van der Waals surface area contributed by atoms with Gasteiger partial charge in [0.25, 0.3) is 0 Å². The molecule has 2 N–H and O–H groups in total. The minimum Gasteiger partial charge on any atom is -0.342 e. The molecule has 0 spiro atoms. The van der Waals surface area contributed by atoms with Crippen molar-refractivity contribution in [2.75, 3.05) is 13.1 Å². The van der Waals surface area contributed by atoms with E-state index in [9.17, 15) is 4.79 Å². The SMILES string of the molecule is Cc1nc(CN)sc1CC(=O)N1CCCCCC1. The number of aryl methyl sites for hydroxylation is 1. The quantitative estimate of drug-likeness (QED) is 0.909. The van der Waals surface area contributed by atoms with Crippen molar-refractivity contribution < 1.29 is 4.79 Å². The monoisotopic (exact) mass is 267 g/mol. The lowest BCUT2D eigenvalue weighted by Gasteiger charge is -2.19. The van der Waals surface area contributed by atoms with Gasteiger partial charge in [-0.25, -0.2) is 4.98 Å². The molecule has 1 fully saturated rings. The fourth-order valence-corrected chi connectivity index (χ4v) is 3.25. The van der Waals surface area contributed by atoms with Gasteiger partial charge >= 0.3 is 0 Å². The van der Waals surface area contributed by atoms with Crippen molar-refractivity contribution in [1.82, 2.24) is 9.88 Å². The van der Waals surface area contributed by atoms with E-state index in [0.717, 1.165) is 41.5 Å². The van der Waals surface area contributed by atoms with Gasteiger partial charge < -0.3 is 10.6 Å². The molecule has 2 heterocycles. The van der Waals surface area contributed by atoms with Crippen molar-refractivity contribution in [3.8, 4) is 0 Å². The van der Waals surface area contributed by atoms with Crippen LogP contribution in [0.25, 0.3) is 0 Å². The molecule has 1 aliphatic heterocycles. The number of aromatic nitrogens is 1. The molecule has 18 heavy (non-hydrogen) atoms.